The SMILES string of the molecule is Fc1ccccc1OCCNC1CCCC1C1COCCN1. The maximum Gasteiger partial charge on any atom is 0.165 e. The number of halogens is 1. The van der Waals surface area contributed by atoms with E-state index in [1.165, 1.54) is 25.3 Å². The molecule has 3 atom stereocenters. The Balaban J connectivity index is 1.41. The predicted molar refractivity (Wildman–Crippen MR) is 83.6 cm³/mol. The first-order valence-electron chi connectivity index (χ1n) is 8.26. The first kappa shape index (κ1) is 15.7. The summed E-state index contributed by atoms with van der Waals surface area (Å²) >= 11 is 0. The van der Waals surface area contributed by atoms with Crippen LogP contribution >= 0.6 is 0 Å². The van der Waals surface area contributed by atoms with E-state index in [2.05, 4.69) is 10.6 Å². The fraction of sp³-hybridized carbons (Fsp3) is 0.647. The Bertz CT molecular complexity index is 466. The van der Waals surface area contributed by atoms with Crippen molar-refractivity contribution in [3.05, 3.63) is 30.1 Å². The fourth-order valence-electron chi connectivity index (χ4n) is 3.55. The minimum atomic E-state index is -0.301. The van der Waals surface area contributed by atoms with Gasteiger partial charge in [0.25, 0.3) is 0 Å². The standard InChI is InChI=1S/C17H25FN2O2/c18-14-5-1-2-7-17(14)22-11-9-19-15-6-3-4-13(15)16-12-21-10-8-20-16/h1-2,5,7,13,15-16,19-20H,3-4,6,8-12H2. The molecule has 22 heavy (non-hydrogen) atoms. The Morgan fingerprint density at radius 1 is 1.32 bits per heavy atom. The van der Waals surface area contributed by atoms with Gasteiger partial charge in [-0.05, 0) is 30.9 Å². The van der Waals surface area contributed by atoms with Gasteiger partial charge in [0, 0.05) is 25.2 Å². The van der Waals surface area contributed by atoms with Crippen LogP contribution in [-0.4, -0.2) is 45.0 Å². The lowest BCUT2D eigenvalue weighted by Gasteiger charge is -2.33. The highest BCUT2D eigenvalue weighted by Gasteiger charge is 2.34. The van der Waals surface area contributed by atoms with Crippen LogP contribution in [0, 0.1) is 11.7 Å². The third-order valence-corrected chi connectivity index (χ3v) is 4.64. The lowest BCUT2D eigenvalue weighted by Crippen LogP contribution is -2.51. The molecule has 0 spiro atoms. The van der Waals surface area contributed by atoms with Gasteiger partial charge in [-0.25, -0.2) is 4.39 Å². The molecule has 3 rings (SSSR count). The summed E-state index contributed by atoms with van der Waals surface area (Å²) in [4.78, 5) is 0. The monoisotopic (exact) mass is 308 g/mol. The van der Waals surface area contributed by atoms with Crippen molar-refractivity contribution in [2.24, 2.45) is 5.92 Å². The predicted octanol–water partition coefficient (Wildman–Crippen LogP) is 1.95. The minimum Gasteiger partial charge on any atom is -0.489 e. The van der Waals surface area contributed by atoms with Gasteiger partial charge in [0.15, 0.2) is 11.6 Å². The molecule has 1 aromatic carbocycles. The molecule has 0 amide bonds. The van der Waals surface area contributed by atoms with E-state index < -0.39 is 0 Å². The van der Waals surface area contributed by atoms with Crippen molar-refractivity contribution < 1.29 is 13.9 Å². The van der Waals surface area contributed by atoms with Gasteiger partial charge in [0.05, 0.1) is 13.2 Å². The molecule has 2 N–H and O–H groups in total. The summed E-state index contributed by atoms with van der Waals surface area (Å²) in [5.41, 5.74) is 0. The molecule has 2 aliphatic rings. The summed E-state index contributed by atoms with van der Waals surface area (Å²) in [5.74, 6) is 0.646. The Morgan fingerprint density at radius 3 is 3.05 bits per heavy atom. The van der Waals surface area contributed by atoms with Crippen LogP contribution in [0.5, 0.6) is 5.75 Å². The number of hydrogen-bond donors (Lipinski definition) is 2. The molecule has 122 valence electrons. The number of morpholine rings is 1. The molecule has 1 aromatic rings. The van der Waals surface area contributed by atoms with E-state index in [1.54, 1.807) is 18.2 Å². The van der Waals surface area contributed by atoms with Crippen molar-refractivity contribution in [2.45, 2.75) is 31.3 Å². The van der Waals surface area contributed by atoms with Gasteiger partial charge < -0.3 is 20.1 Å². The van der Waals surface area contributed by atoms with Crippen molar-refractivity contribution in [1.29, 1.82) is 0 Å². The van der Waals surface area contributed by atoms with Crippen molar-refractivity contribution in [3.8, 4) is 5.75 Å². The number of rotatable bonds is 6. The van der Waals surface area contributed by atoms with Crippen molar-refractivity contribution in [1.82, 2.24) is 10.6 Å². The number of hydrogen-bond acceptors (Lipinski definition) is 4. The molecule has 1 aliphatic carbocycles. The van der Waals surface area contributed by atoms with Crippen molar-refractivity contribution >= 4 is 0 Å². The lowest BCUT2D eigenvalue weighted by molar-refractivity contribution is 0.0523. The molecule has 3 unspecified atom stereocenters. The summed E-state index contributed by atoms with van der Waals surface area (Å²) in [7, 11) is 0. The van der Waals surface area contributed by atoms with Crippen LogP contribution in [0.1, 0.15) is 19.3 Å². The van der Waals surface area contributed by atoms with E-state index in [4.69, 9.17) is 9.47 Å². The van der Waals surface area contributed by atoms with Gasteiger partial charge in [0.2, 0.25) is 0 Å². The highest BCUT2D eigenvalue weighted by atomic mass is 19.1. The zero-order valence-electron chi connectivity index (χ0n) is 12.9. The average molecular weight is 308 g/mol. The number of para-hydroxylation sites is 1. The summed E-state index contributed by atoms with van der Waals surface area (Å²) < 4.78 is 24.5. The second-order valence-corrected chi connectivity index (χ2v) is 6.07. The fourth-order valence-corrected chi connectivity index (χ4v) is 3.55. The molecule has 1 saturated heterocycles. The molecule has 4 nitrogen and oxygen atoms in total. The van der Waals surface area contributed by atoms with E-state index in [0.717, 1.165) is 26.3 Å². The van der Waals surface area contributed by atoms with Crippen LogP contribution < -0.4 is 15.4 Å². The molecule has 1 saturated carbocycles. The lowest BCUT2D eigenvalue weighted by atomic mass is 9.94. The van der Waals surface area contributed by atoms with Crippen LogP contribution in [-0.2, 0) is 4.74 Å². The van der Waals surface area contributed by atoms with Gasteiger partial charge in [-0.2, -0.15) is 0 Å². The van der Waals surface area contributed by atoms with Crippen LogP contribution in [0.4, 0.5) is 4.39 Å². The second-order valence-electron chi connectivity index (χ2n) is 6.07. The van der Waals surface area contributed by atoms with Gasteiger partial charge in [-0.15, -0.1) is 0 Å². The van der Waals surface area contributed by atoms with Crippen molar-refractivity contribution in [3.63, 3.8) is 0 Å². The Kier molecular flexibility index (Phi) is 5.64. The van der Waals surface area contributed by atoms with E-state index in [9.17, 15) is 4.39 Å². The van der Waals surface area contributed by atoms with E-state index >= 15 is 0 Å². The average Bonchev–Trinajstić information content (AvgIpc) is 3.02. The first-order chi connectivity index (χ1) is 10.8. The molecular formula is C17H25FN2O2. The Morgan fingerprint density at radius 2 is 2.23 bits per heavy atom. The van der Waals surface area contributed by atoms with Crippen LogP contribution in [0.3, 0.4) is 0 Å². The zero-order valence-corrected chi connectivity index (χ0v) is 12.9. The molecule has 0 radical (unpaired) electrons. The molecule has 0 aromatic heterocycles. The first-order valence-corrected chi connectivity index (χ1v) is 8.26. The maximum absolute atomic E-state index is 13.5. The summed E-state index contributed by atoms with van der Waals surface area (Å²) in [6, 6.07) is 7.50. The minimum absolute atomic E-state index is 0.301. The van der Waals surface area contributed by atoms with Crippen molar-refractivity contribution in [2.75, 3.05) is 32.9 Å². The molecule has 5 heteroatoms. The topological polar surface area (TPSA) is 42.5 Å². The second kappa shape index (κ2) is 7.90. The van der Waals surface area contributed by atoms with Gasteiger partial charge in [-0.1, -0.05) is 18.6 Å². The number of nitrogens with one attached hydrogen (secondary N) is 2. The van der Waals surface area contributed by atoms with E-state index in [-0.39, 0.29) is 5.82 Å². The third-order valence-electron chi connectivity index (χ3n) is 4.64. The molecule has 0 bridgehead atoms. The quantitative estimate of drug-likeness (QED) is 0.788. The van der Waals surface area contributed by atoms with Gasteiger partial charge in [-0.3, -0.25) is 0 Å². The van der Waals surface area contributed by atoms with E-state index in [1.807, 2.05) is 0 Å². The van der Waals surface area contributed by atoms with Crippen LogP contribution in [0.2, 0.25) is 0 Å². The highest BCUT2D eigenvalue weighted by Crippen LogP contribution is 2.29. The third kappa shape index (κ3) is 3.97. The molecule has 1 heterocycles. The summed E-state index contributed by atoms with van der Waals surface area (Å²) in [5, 5.41) is 7.14. The van der Waals surface area contributed by atoms with Crippen LogP contribution in [0.15, 0.2) is 24.3 Å². The van der Waals surface area contributed by atoms with Crippen LogP contribution in [0.25, 0.3) is 0 Å². The number of benzene rings is 1. The normalized spacial score (nSPS) is 28.7. The summed E-state index contributed by atoms with van der Waals surface area (Å²) in [6.45, 7) is 3.80. The smallest absolute Gasteiger partial charge is 0.165 e. The number of ether oxygens (including phenoxy) is 2. The van der Waals surface area contributed by atoms with Gasteiger partial charge in [0.1, 0.15) is 6.61 Å². The molecule has 1 aliphatic heterocycles. The van der Waals surface area contributed by atoms with E-state index in [0.29, 0.717) is 30.4 Å². The zero-order chi connectivity index (χ0) is 15.2. The molecule has 2 fully saturated rings. The largest absolute Gasteiger partial charge is 0.489 e. The highest BCUT2D eigenvalue weighted by molar-refractivity contribution is 5.23. The summed E-state index contributed by atoms with van der Waals surface area (Å²) in [6.07, 6.45) is 3.70. The Labute approximate surface area is 131 Å². The molecular weight excluding hydrogens is 283 g/mol. The van der Waals surface area contributed by atoms with Gasteiger partial charge >= 0.3 is 0 Å². The maximum atomic E-state index is 13.5. The Hall–Kier alpha value is -1.17.